The van der Waals surface area contributed by atoms with E-state index in [9.17, 15) is 19.8 Å². The van der Waals surface area contributed by atoms with Gasteiger partial charge in [0.1, 0.15) is 6.04 Å². The molecule has 5 atom stereocenters. The lowest BCUT2D eigenvalue weighted by molar-refractivity contribution is -0.147. The molecule has 0 aliphatic carbocycles. The van der Waals surface area contributed by atoms with Crippen LogP contribution in [0.15, 0.2) is 54.6 Å². The molecule has 1 aliphatic heterocycles. The van der Waals surface area contributed by atoms with E-state index in [-0.39, 0.29) is 18.4 Å². The molecule has 1 saturated heterocycles. The number of carboxylic acids is 1. The molecule has 6 N–H and O–H groups in total. The van der Waals surface area contributed by atoms with E-state index in [1.54, 1.807) is 6.92 Å². The second-order valence-corrected chi connectivity index (χ2v) is 7.99. The van der Waals surface area contributed by atoms with Gasteiger partial charge >= 0.3 is 5.97 Å². The number of carboxylic acid groups (broad SMARTS) is 1. The van der Waals surface area contributed by atoms with Gasteiger partial charge in [-0.05, 0) is 36.5 Å². The van der Waals surface area contributed by atoms with Crippen LogP contribution < -0.4 is 16.2 Å². The van der Waals surface area contributed by atoms with Crippen LogP contribution in [0, 0.1) is 0 Å². The van der Waals surface area contributed by atoms with Gasteiger partial charge in [-0.3, -0.25) is 10.2 Å². The van der Waals surface area contributed by atoms with Crippen molar-refractivity contribution in [2.24, 2.45) is 0 Å². The first kappa shape index (κ1) is 22.9. The fraction of sp³-hybridized carbons (Fsp3) is 0.391. The number of hydrogen-bond acceptors (Lipinski definition) is 6. The molecule has 8 nitrogen and oxygen atoms in total. The maximum Gasteiger partial charge on any atom is 0.332 e. The lowest BCUT2D eigenvalue weighted by atomic mass is 9.97. The Kier molecular flexibility index (Phi) is 7.75. The van der Waals surface area contributed by atoms with Gasteiger partial charge in [0.05, 0.1) is 6.10 Å². The van der Waals surface area contributed by atoms with Crippen LogP contribution in [0.4, 0.5) is 0 Å². The van der Waals surface area contributed by atoms with Crippen LogP contribution in [0.2, 0.25) is 0 Å². The summed E-state index contributed by atoms with van der Waals surface area (Å²) >= 11 is 0. The van der Waals surface area contributed by atoms with Crippen molar-refractivity contribution in [1.82, 2.24) is 16.2 Å². The van der Waals surface area contributed by atoms with Crippen LogP contribution in [0.1, 0.15) is 25.3 Å². The molecule has 1 heterocycles. The van der Waals surface area contributed by atoms with Crippen LogP contribution in [-0.4, -0.2) is 57.5 Å². The van der Waals surface area contributed by atoms with E-state index < -0.39 is 30.3 Å². The third kappa shape index (κ3) is 6.35. The molecule has 1 amide bonds. The molecule has 2 aromatic rings. The first-order chi connectivity index (χ1) is 14.8. The maximum absolute atomic E-state index is 12.7. The van der Waals surface area contributed by atoms with Gasteiger partial charge in [-0.1, -0.05) is 54.6 Å². The summed E-state index contributed by atoms with van der Waals surface area (Å²) in [5.74, 6) is -1.63. The summed E-state index contributed by atoms with van der Waals surface area (Å²) < 4.78 is 0. The van der Waals surface area contributed by atoms with Crippen molar-refractivity contribution >= 4 is 11.9 Å². The first-order valence-electron chi connectivity index (χ1n) is 10.4. The van der Waals surface area contributed by atoms with Gasteiger partial charge in [0.25, 0.3) is 0 Å². The van der Waals surface area contributed by atoms with Crippen molar-refractivity contribution in [3.05, 3.63) is 60.2 Å². The SMILES string of the molecule is C[C@@H](O)C1CC(C(=O)N[C@H](Cc2ccc(-c3ccccc3)cc2)C[C@@H](O)C(=O)O)NN1. The molecule has 0 radical (unpaired) electrons. The maximum atomic E-state index is 12.7. The Bertz CT molecular complexity index is 873. The predicted octanol–water partition coefficient (Wildman–Crippen LogP) is 0.832. The second kappa shape index (κ2) is 10.5. The molecular weight excluding hydrogens is 398 g/mol. The summed E-state index contributed by atoms with van der Waals surface area (Å²) in [6.07, 6.45) is -1.51. The third-order valence-corrected chi connectivity index (χ3v) is 5.51. The monoisotopic (exact) mass is 427 g/mol. The van der Waals surface area contributed by atoms with E-state index >= 15 is 0 Å². The summed E-state index contributed by atoms with van der Waals surface area (Å²) in [6.45, 7) is 1.64. The number of aliphatic hydroxyl groups is 2. The van der Waals surface area contributed by atoms with Gasteiger partial charge in [0, 0.05) is 18.5 Å². The zero-order valence-corrected chi connectivity index (χ0v) is 17.4. The molecule has 0 bridgehead atoms. The highest BCUT2D eigenvalue weighted by Crippen LogP contribution is 2.20. The van der Waals surface area contributed by atoms with E-state index in [4.69, 9.17) is 5.11 Å². The van der Waals surface area contributed by atoms with Crippen LogP contribution in [0.3, 0.4) is 0 Å². The first-order valence-corrected chi connectivity index (χ1v) is 10.4. The minimum atomic E-state index is -1.58. The normalized spacial score (nSPS) is 21.3. The number of hydrogen-bond donors (Lipinski definition) is 6. The van der Waals surface area contributed by atoms with Gasteiger partial charge in [0.2, 0.25) is 5.91 Å². The van der Waals surface area contributed by atoms with Crippen LogP contribution in [0.25, 0.3) is 11.1 Å². The van der Waals surface area contributed by atoms with Crippen LogP contribution in [-0.2, 0) is 16.0 Å². The Morgan fingerprint density at radius 1 is 1.03 bits per heavy atom. The molecule has 3 rings (SSSR count). The summed E-state index contributed by atoms with van der Waals surface area (Å²) in [5, 5.41) is 31.5. The number of aliphatic hydroxyl groups excluding tert-OH is 2. The molecule has 0 saturated carbocycles. The van der Waals surface area contributed by atoms with Crippen molar-refractivity contribution < 1.29 is 24.9 Å². The molecule has 166 valence electrons. The van der Waals surface area contributed by atoms with E-state index in [1.807, 2.05) is 54.6 Å². The lowest BCUT2D eigenvalue weighted by Gasteiger charge is -2.22. The average Bonchev–Trinajstić information content (AvgIpc) is 3.25. The molecule has 2 unspecified atom stereocenters. The molecule has 1 fully saturated rings. The van der Waals surface area contributed by atoms with Gasteiger partial charge in [-0.25, -0.2) is 10.2 Å². The summed E-state index contributed by atoms with van der Waals surface area (Å²) in [6, 6.07) is 16.4. The number of amides is 1. The molecule has 2 aromatic carbocycles. The van der Waals surface area contributed by atoms with E-state index in [1.165, 1.54) is 0 Å². The van der Waals surface area contributed by atoms with Crippen molar-refractivity contribution in [1.29, 1.82) is 0 Å². The molecular formula is C23H29N3O5. The number of nitrogens with one attached hydrogen (secondary N) is 3. The Balaban J connectivity index is 1.67. The minimum Gasteiger partial charge on any atom is -0.479 e. The number of carbonyl (C=O) groups is 2. The van der Waals surface area contributed by atoms with Crippen molar-refractivity contribution in [2.45, 2.75) is 56.5 Å². The number of aliphatic carboxylic acids is 1. The van der Waals surface area contributed by atoms with Gasteiger partial charge in [-0.2, -0.15) is 0 Å². The smallest absolute Gasteiger partial charge is 0.332 e. The van der Waals surface area contributed by atoms with Gasteiger partial charge < -0.3 is 20.6 Å². The molecule has 0 aromatic heterocycles. The number of hydrazine groups is 1. The predicted molar refractivity (Wildman–Crippen MR) is 116 cm³/mol. The fourth-order valence-electron chi connectivity index (χ4n) is 3.68. The third-order valence-electron chi connectivity index (χ3n) is 5.51. The molecule has 31 heavy (non-hydrogen) atoms. The number of benzene rings is 2. The summed E-state index contributed by atoms with van der Waals surface area (Å²) in [4.78, 5) is 23.8. The summed E-state index contributed by atoms with van der Waals surface area (Å²) in [7, 11) is 0. The average molecular weight is 428 g/mol. The second-order valence-electron chi connectivity index (χ2n) is 7.99. The Morgan fingerprint density at radius 2 is 1.68 bits per heavy atom. The fourth-order valence-corrected chi connectivity index (χ4v) is 3.68. The van der Waals surface area contributed by atoms with Crippen LogP contribution >= 0.6 is 0 Å². The highest BCUT2D eigenvalue weighted by atomic mass is 16.4. The van der Waals surface area contributed by atoms with E-state index in [2.05, 4.69) is 16.2 Å². The van der Waals surface area contributed by atoms with Crippen LogP contribution in [0.5, 0.6) is 0 Å². The van der Waals surface area contributed by atoms with Crippen molar-refractivity contribution in [3.8, 4) is 11.1 Å². The highest BCUT2D eigenvalue weighted by Gasteiger charge is 2.33. The van der Waals surface area contributed by atoms with E-state index in [0.717, 1.165) is 16.7 Å². The molecule has 0 spiro atoms. The molecule has 8 heteroatoms. The van der Waals surface area contributed by atoms with Gasteiger partial charge in [-0.15, -0.1) is 0 Å². The van der Waals surface area contributed by atoms with Crippen molar-refractivity contribution in [3.63, 3.8) is 0 Å². The number of rotatable bonds is 9. The zero-order chi connectivity index (χ0) is 22.4. The highest BCUT2D eigenvalue weighted by molar-refractivity contribution is 5.82. The Hall–Kier alpha value is -2.78. The number of carbonyl (C=O) groups excluding carboxylic acids is 1. The minimum absolute atomic E-state index is 0.110. The van der Waals surface area contributed by atoms with Crippen molar-refractivity contribution in [2.75, 3.05) is 0 Å². The topological polar surface area (TPSA) is 131 Å². The standard InChI is InChI=1S/C23H29N3O5/c1-14(27)19-13-20(26-25-19)22(29)24-18(12-21(28)23(30)31)11-15-7-9-17(10-8-15)16-5-3-2-4-6-16/h2-10,14,18-21,25-28H,11-13H2,1H3,(H,24,29)(H,30,31)/t14-,18-,19?,20?,21-/m1/s1. The van der Waals surface area contributed by atoms with Gasteiger partial charge in [0.15, 0.2) is 6.10 Å². The summed E-state index contributed by atoms with van der Waals surface area (Å²) in [5.41, 5.74) is 8.81. The Labute approximate surface area is 181 Å². The lowest BCUT2D eigenvalue weighted by Crippen LogP contribution is -2.49. The Morgan fingerprint density at radius 3 is 2.26 bits per heavy atom. The molecule has 1 aliphatic rings. The van der Waals surface area contributed by atoms with E-state index in [0.29, 0.717) is 12.8 Å². The quantitative estimate of drug-likeness (QED) is 0.349. The zero-order valence-electron chi connectivity index (χ0n) is 17.4. The largest absolute Gasteiger partial charge is 0.479 e.